The number of carbonyl (C=O) groups is 2. The number of amides is 4. The normalized spacial score (nSPS) is 19.5. The first-order valence-electron chi connectivity index (χ1n) is 8.52. The highest BCUT2D eigenvalue weighted by Crippen LogP contribution is 2.23. The molecule has 8 heteroatoms. The quantitative estimate of drug-likeness (QED) is 0.819. The lowest BCUT2D eigenvalue weighted by Gasteiger charge is -2.31. The fourth-order valence-corrected chi connectivity index (χ4v) is 3.14. The van der Waals surface area contributed by atoms with Gasteiger partial charge in [-0.25, -0.2) is 9.59 Å². The van der Waals surface area contributed by atoms with E-state index in [0.29, 0.717) is 22.2 Å². The van der Waals surface area contributed by atoms with Crippen LogP contribution < -0.4 is 5.32 Å². The van der Waals surface area contributed by atoms with Gasteiger partial charge in [0, 0.05) is 10.7 Å². The van der Waals surface area contributed by atoms with Gasteiger partial charge in [-0.2, -0.15) is 9.98 Å². The minimum absolute atomic E-state index is 0.125. The van der Waals surface area contributed by atoms with Gasteiger partial charge in [-0.3, -0.25) is 4.90 Å². The Kier molecular flexibility index (Phi) is 4.90. The highest BCUT2D eigenvalue weighted by Gasteiger charge is 2.35. The third-order valence-corrected chi connectivity index (χ3v) is 4.43. The summed E-state index contributed by atoms with van der Waals surface area (Å²) in [4.78, 5) is 34.7. The van der Waals surface area contributed by atoms with E-state index < -0.39 is 18.0 Å². The average molecular weight is 395 g/mol. The van der Waals surface area contributed by atoms with Crippen LogP contribution in [0.1, 0.15) is 5.76 Å². The third kappa shape index (κ3) is 3.79. The van der Waals surface area contributed by atoms with Crippen molar-refractivity contribution in [2.24, 2.45) is 15.9 Å². The molecule has 0 fully saturated rings. The Morgan fingerprint density at radius 3 is 2.96 bits per heavy atom. The van der Waals surface area contributed by atoms with E-state index >= 15 is 0 Å². The monoisotopic (exact) mass is 394 g/mol. The van der Waals surface area contributed by atoms with Crippen molar-refractivity contribution in [2.75, 3.05) is 5.32 Å². The Balaban J connectivity index is 1.66. The second-order valence-corrected chi connectivity index (χ2v) is 6.55. The van der Waals surface area contributed by atoms with Crippen molar-refractivity contribution in [3.8, 4) is 0 Å². The molecule has 1 aromatic heterocycles. The molecule has 2 heterocycles. The largest absolute Gasteiger partial charge is 0.467 e. The maximum absolute atomic E-state index is 12.6. The number of carbonyl (C=O) groups excluding carboxylic acids is 2. The van der Waals surface area contributed by atoms with E-state index in [1.54, 1.807) is 48.6 Å². The first-order valence-corrected chi connectivity index (χ1v) is 8.90. The number of urea groups is 2. The second-order valence-electron chi connectivity index (χ2n) is 6.12. The number of halogens is 1. The van der Waals surface area contributed by atoms with Crippen molar-refractivity contribution in [3.05, 3.63) is 77.7 Å². The lowest BCUT2D eigenvalue weighted by molar-refractivity contribution is 0.223. The summed E-state index contributed by atoms with van der Waals surface area (Å²) >= 11 is 5.95. The van der Waals surface area contributed by atoms with Gasteiger partial charge in [-0.15, -0.1) is 0 Å². The molecule has 140 valence electrons. The van der Waals surface area contributed by atoms with Crippen molar-refractivity contribution in [1.29, 1.82) is 0 Å². The number of hydrogen-bond acceptors (Lipinski definition) is 3. The molecule has 1 atom stereocenters. The molecule has 1 N–H and O–H groups in total. The molecule has 0 saturated carbocycles. The van der Waals surface area contributed by atoms with Crippen LogP contribution in [-0.2, 0) is 6.54 Å². The molecule has 0 saturated heterocycles. The van der Waals surface area contributed by atoms with Crippen LogP contribution in [0.25, 0.3) is 0 Å². The van der Waals surface area contributed by atoms with Crippen LogP contribution in [0.15, 0.2) is 81.4 Å². The summed E-state index contributed by atoms with van der Waals surface area (Å²) in [6.45, 7) is 0.125. The van der Waals surface area contributed by atoms with Crippen molar-refractivity contribution in [1.82, 2.24) is 4.90 Å². The van der Waals surface area contributed by atoms with Crippen LogP contribution in [-0.4, -0.2) is 28.5 Å². The predicted molar refractivity (Wildman–Crippen MR) is 107 cm³/mol. The number of allylic oxidation sites excluding steroid dienone is 3. The van der Waals surface area contributed by atoms with Crippen LogP contribution in [0.4, 0.5) is 15.3 Å². The topological polar surface area (TPSA) is 87.3 Å². The standard InChI is InChI=1S/C20H15ClN4O3/c21-13-5-3-6-14(11-13)22-19(26)24-18-16-8-1-2-9-17(16)23-20(27)25(18)12-15-7-4-10-28-15/h1-11,16H,12H2,(H,22,26)/b24-18+. The molecular weight excluding hydrogens is 380 g/mol. The molecule has 2 aliphatic rings. The Morgan fingerprint density at radius 1 is 1.29 bits per heavy atom. The fourth-order valence-electron chi connectivity index (χ4n) is 2.95. The van der Waals surface area contributed by atoms with Gasteiger partial charge in [0.2, 0.25) is 0 Å². The van der Waals surface area contributed by atoms with Crippen molar-refractivity contribution in [2.45, 2.75) is 6.54 Å². The molecule has 0 bridgehead atoms. The van der Waals surface area contributed by atoms with Crippen LogP contribution in [0.5, 0.6) is 0 Å². The van der Waals surface area contributed by atoms with Gasteiger partial charge in [0.05, 0.1) is 24.4 Å². The van der Waals surface area contributed by atoms with Crippen LogP contribution >= 0.6 is 11.6 Å². The number of amidine groups is 1. The summed E-state index contributed by atoms with van der Waals surface area (Å²) in [6, 6.07) is 9.09. The summed E-state index contributed by atoms with van der Waals surface area (Å²) in [6.07, 6.45) is 8.71. The lowest BCUT2D eigenvalue weighted by Crippen LogP contribution is -2.46. The third-order valence-electron chi connectivity index (χ3n) is 4.20. The lowest BCUT2D eigenvalue weighted by atomic mass is 9.94. The maximum Gasteiger partial charge on any atom is 0.349 e. The van der Waals surface area contributed by atoms with E-state index in [-0.39, 0.29) is 12.4 Å². The van der Waals surface area contributed by atoms with Crippen molar-refractivity contribution < 1.29 is 14.0 Å². The minimum atomic E-state index is -0.612. The molecule has 1 aromatic carbocycles. The molecule has 7 nitrogen and oxygen atoms in total. The average Bonchev–Trinajstić information content (AvgIpc) is 3.18. The molecule has 0 spiro atoms. The smallest absolute Gasteiger partial charge is 0.349 e. The molecule has 4 rings (SSSR count). The van der Waals surface area contributed by atoms with Gasteiger partial charge < -0.3 is 9.73 Å². The predicted octanol–water partition coefficient (Wildman–Crippen LogP) is 4.68. The van der Waals surface area contributed by atoms with Gasteiger partial charge >= 0.3 is 12.1 Å². The van der Waals surface area contributed by atoms with Gasteiger partial charge in [0.25, 0.3) is 0 Å². The van der Waals surface area contributed by atoms with Gasteiger partial charge in [0.1, 0.15) is 11.6 Å². The van der Waals surface area contributed by atoms with Crippen LogP contribution in [0, 0.1) is 5.92 Å². The van der Waals surface area contributed by atoms with E-state index in [1.165, 1.54) is 11.2 Å². The molecule has 1 aliphatic carbocycles. The summed E-state index contributed by atoms with van der Waals surface area (Å²) in [5, 5.41) is 3.16. The zero-order valence-corrected chi connectivity index (χ0v) is 15.3. The van der Waals surface area contributed by atoms with Gasteiger partial charge in [-0.05, 0) is 36.4 Å². The summed E-state index contributed by atoms with van der Waals surface area (Å²) < 4.78 is 5.34. The molecule has 1 unspecified atom stereocenters. The minimum Gasteiger partial charge on any atom is -0.467 e. The maximum atomic E-state index is 12.6. The Hall–Kier alpha value is -3.45. The second kappa shape index (κ2) is 7.66. The Labute approximate surface area is 165 Å². The number of rotatable bonds is 3. The zero-order chi connectivity index (χ0) is 19.5. The molecule has 0 radical (unpaired) electrons. The highest BCUT2D eigenvalue weighted by atomic mass is 35.5. The summed E-state index contributed by atoms with van der Waals surface area (Å²) in [5.74, 6) is 0.444. The fraction of sp³-hybridized carbons (Fsp3) is 0.100. The number of nitrogens with one attached hydrogen (secondary N) is 1. The van der Waals surface area contributed by atoms with E-state index in [9.17, 15) is 9.59 Å². The molecule has 28 heavy (non-hydrogen) atoms. The van der Waals surface area contributed by atoms with Crippen LogP contribution in [0.3, 0.4) is 0 Å². The number of benzene rings is 1. The number of anilines is 1. The van der Waals surface area contributed by atoms with Gasteiger partial charge in [-0.1, -0.05) is 35.9 Å². The van der Waals surface area contributed by atoms with Crippen molar-refractivity contribution in [3.63, 3.8) is 0 Å². The number of hydrogen-bond donors (Lipinski definition) is 1. The van der Waals surface area contributed by atoms with E-state index in [0.717, 1.165) is 0 Å². The van der Waals surface area contributed by atoms with Crippen molar-refractivity contribution >= 4 is 40.9 Å². The van der Waals surface area contributed by atoms with E-state index in [2.05, 4.69) is 15.3 Å². The number of furan rings is 1. The molecule has 1 aliphatic heterocycles. The number of nitrogens with zero attached hydrogens (tertiary/aromatic N) is 3. The molecule has 4 amide bonds. The molecule has 2 aromatic rings. The Morgan fingerprint density at radius 2 is 2.18 bits per heavy atom. The number of aliphatic imine (C=N–C) groups is 2. The first-order chi connectivity index (χ1) is 13.6. The van der Waals surface area contributed by atoms with E-state index in [1.807, 2.05) is 12.2 Å². The summed E-state index contributed by atoms with van der Waals surface area (Å²) in [5.41, 5.74) is 1.05. The van der Waals surface area contributed by atoms with Crippen LogP contribution in [0.2, 0.25) is 5.02 Å². The Bertz CT molecular complexity index is 1040. The summed E-state index contributed by atoms with van der Waals surface area (Å²) in [7, 11) is 0. The van der Waals surface area contributed by atoms with E-state index in [4.69, 9.17) is 16.0 Å². The van der Waals surface area contributed by atoms with Gasteiger partial charge in [0.15, 0.2) is 0 Å². The first kappa shape index (κ1) is 17.9. The molecular formula is C20H15ClN4O3. The number of fused-ring (bicyclic) bond motifs is 1. The highest BCUT2D eigenvalue weighted by molar-refractivity contribution is 6.31. The zero-order valence-electron chi connectivity index (χ0n) is 14.6. The SMILES string of the molecule is O=C(/N=C1\C2C=CC=CC2=NC(=O)N1Cc1ccco1)Nc1cccc(Cl)c1.